The van der Waals surface area contributed by atoms with Crippen LogP contribution in [0.2, 0.25) is 0 Å². The topological polar surface area (TPSA) is 56.3 Å². The number of nitrogens with one attached hydrogen (secondary N) is 1. The van der Waals surface area contributed by atoms with Gasteiger partial charge in [0, 0.05) is 12.7 Å². The summed E-state index contributed by atoms with van der Waals surface area (Å²) in [7, 11) is 0. The Hall–Kier alpha value is -1.82. The SMILES string of the molecule is Brc1cncnc1NCc1ccc2c(c1)OCO2. The van der Waals surface area contributed by atoms with Gasteiger partial charge in [0.2, 0.25) is 6.79 Å². The van der Waals surface area contributed by atoms with Crippen LogP contribution in [0.15, 0.2) is 35.2 Å². The molecule has 2 aromatic rings. The van der Waals surface area contributed by atoms with Crippen molar-refractivity contribution < 1.29 is 9.47 Å². The molecule has 0 radical (unpaired) electrons. The highest BCUT2D eigenvalue weighted by atomic mass is 79.9. The lowest BCUT2D eigenvalue weighted by Gasteiger charge is -2.07. The molecule has 92 valence electrons. The molecule has 5 nitrogen and oxygen atoms in total. The molecule has 0 fully saturated rings. The molecule has 1 aliphatic rings. The van der Waals surface area contributed by atoms with Crippen LogP contribution in [0.5, 0.6) is 11.5 Å². The van der Waals surface area contributed by atoms with Gasteiger partial charge in [0.05, 0.1) is 4.47 Å². The third-order valence-electron chi connectivity index (χ3n) is 2.56. The van der Waals surface area contributed by atoms with E-state index in [9.17, 15) is 0 Å². The van der Waals surface area contributed by atoms with Gasteiger partial charge in [-0.3, -0.25) is 0 Å². The number of aromatic nitrogens is 2. The van der Waals surface area contributed by atoms with E-state index in [0.29, 0.717) is 13.3 Å². The van der Waals surface area contributed by atoms with Crippen molar-refractivity contribution in [1.82, 2.24) is 9.97 Å². The molecule has 0 unspecified atom stereocenters. The number of hydrogen-bond donors (Lipinski definition) is 1. The summed E-state index contributed by atoms with van der Waals surface area (Å²) in [4.78, 5) is 8.05. The Morgan fingerprint density at radius 2 is 2.17 bits per heavy atom. The molecule has 1 N–H and O–H groups in total. The number of anilines is 1. The third kappa shape index (κ3) is 2.24. The highest BCUT2D eigenvalue weighted by molar-refractivity contribution is 9.10. The molecule has 1 aliphatic heterocycles. The zero-order chi connectivity index (χ0) is 12.4. The lowest BCUT2D eigenvalue weighted by molar-refractivity contribution is 0.174. The average molecular weight is 308 g/mol. The van der Waals surface area contributed by atoms with Gasteiger partial charge >= 0.3 is 0 Å². The van der Waals surface area contributed by atoms with Crippen LogP contribution in [0.1, 0.15) is 5.56 Å². The van der Waals surface area contributed by atoms with Crippen LogP contribution in [-0.4, -0.2) is 16.8 Å². The van der Waals surface area contributed by atoms with Gasteiger partial charge in [-0.25, -0.2) is 9.97 Å². The Kier molecular flexibility index (Phi) is 3.02. The number of nitrogens with zero attached hydrogens (tertiary/aromatic N) is 2. The minimum atomic E-state index is 0.295. The lowest BCUT2D eigenvalue weighted by Crippen LogP contribution is -2.02. The standard InChI is InChI=1S/C12H10BrN3O2/c13-9-5-14-6-16-12(9)15-4-8-1-2-10-11(3-8)18-7-17-10/h1-3,5-6H,4,7H2,(H,14,15,16). The van der Waals surface area contributed by atoms with Crippen LogP contribution in [0, 0.1) is 0 Å². The van der Waals surface area contributed by atoms with Gasteiger partial charge in [-0.1, -0.05) is 6.07 Å². The molecule has 0 amide bonds. The van der Waals surface area contributed by atoms with E-state index in [1.807, 2.05) is 18.2 Å². The number of fused-ring (bicyclic) bond motifs is 1. The zero-order valence-corrected chi connectivity index (χ0v) is 11.0. The lowest BCUT2D eigenvalue weighted by atomic mass is 10.2. The Balaban J connectivity index is 1.72. The van der Waals surface area contributed by atoms with Crippen LogP contribution >= 0.6 is 15.9 Å². The number of benzene rings is 1. The van der Waals surface area contributed by atoms with Crippen molar-refractivity contribution in [2.45, 2.75) is 6.54 Å². The van der Waals surface area contributed by atoms with Crippen molar-refractivity contribution in [3.05, 3.63) is 40.8 Å². The molecule has 6 heteroatoms. The predicted octanol–water partition coefficient (Wildman–Crippen LogP) is 2.58. The summed E-state index contributed by atoms with van der Waals surface area (Å²) in [6, 6.07) is 5.87. The van der Waals surface area contributed by atoms with E-state index in [1.165, 1.54) is 6.33 Å². The van der Waals surface area contributed by atoms with E-state index < -0.39 is 0 Å². The monoisotopic (exact) mass is 307 g/mol. The number of ether oxygens (including phenoxy) is 2. The highest BCUT2D eigenvalue weighted by Gasteiger charge is 2.13. The van der Waals surface area contributed by atoms with E-state index in [4.69, 9.17) is 9.47 Å². The van der Waals surface area contributed by atoms with E-state index >= 15 is 0 Å². The maximum Gasteiger partial charge on any atom is 0.231 e. The summed E-state index contributed by atoms with van der Waals surface area (Å²) >= 11 is 3.39. The fraction of sp³-hybridized carbons (Fsp3) is 0.167. The summed E-state index contributed by atoms with van der Waals surface area (Å²) < 4.78 is 11.4. The molecule has 18 heavy (non-hydrogen) atoms. The first-order valence-corrected chi connectivity index (χ1v) is 6.20. The number of hydrogen-bond acceptors (Lipinski definition) is 5. The maximum atomic E-state index is 5.33. The quantitative estimate of drug-likeness (QED) is 0.944. The minimum Gasteiger partial charge on any atom is -0.454 e. The van der Waals surface area contributed by atoms with Gasteiger partial charge in [0.25, 0.3) is 0 Å². The summed E-state index contributed by atoms with van der Waals surface area (Å²) in [5.41, 5.74) is 1.10. The summed E-state index contributed by atoms with van der Waals surface area (Å²) in [5, 5.41) is 3.23. The molecular weight excluding hydrogens is 298 g/mol. The maximum absolute atomic E-state index is 5.33. The van der Waals surface area contributed by atoms with Crippen molar-refractivity contribution in [2.75, 3.05) is 12.1 Å². The average Bonchev–Trinajstić information content (AvgIpc) is 2.85. The normalized spacial score (nSPS) is 12.5. The van der Waals surface area contributed by atoms with E-state index in [-0.39, 0.29) is 0 Å². The van der Waals surface area contributed by atoms with Crippen LogP contribution in [0.25, 0.3) is 0 Å². The first-order chi connectivity index (χ1) is 8.83. The van der Waals surface area contributed by atoms with Crippen molar-refractivity contribution in [2.24, 2.45) is 0 Å². The van der Waals surface area contributed by atoms with Crippen molar-refractivity contribution in [1.29, 1.82) is 0 Å². The molecule has 2 heterocycles. The largest absolute Gasteiger partial charge is 0.454 e. The van der Waals surface area contributed by atoms with Gasteiger partial charge in [-0.15, -0.1) is 0 Å². The van der Waals surface area contributed by atoms with Gasteiger partial charge in [0.1, 0.15) is 12.1 Å². The summed E-state index contributed by atoms with van der Waals surface area (Å²) in [6.07, 6.45) is 3.21. The molecule has 0 saturated carbocycles. The van der Waals surface area contributed by atoms with Crippen molar-refractivity contribution in [3.63, 3.8) is 0 Å². The molecule has 0 atom stereocenters. The van der Waals surface area contributed by atoms with Gasteiger partial charge in [-0.2, -0.15) is 0 Å². The molecule has 0 saturated heterocycles. The summed E-state index contributed by atoms with van der Waals surface area (Å²) in [6.45, 7) is 0.954. The fourth-order valence-electron chi connectivity index (χ4n) is 1.68. The second-order valence-electron chi connectivity index (χ2n) is 3.76. The van der Waals surface area contributed by atoms with Crippen LogP contribution in [0.3, 0.4) is 0 Å². The molecule has 1 aromatic heterocycles. The predicted molar refractivity (Wildman–Crippen MR) is 69.6 cm³/mol. The molecule has 0 aliphatic carbocycles. The second-order valence-corrected chi connectivity index (χ2v) is 4.61. The Labute approximate surface area is 112 Å². The molecular formula is C12H10BrN3O2. The van der Waals surface area contributed by atoms with Gasteiger partial charge in [0.15, 0.2) is 11.5 Å². The van der Waals surface area contributed by atoms with Crippen LogP contribution < -0.4 is 14.8 Å². The minimum absolute atomic E-state index is 0.295. The fourth-order valence-corrected chi connectivity index (χ4v) is 2.04. The second kappa shape index (κ2) is 4.81. The Morgan fingerprint density at radius 3 is 3.06 bits per heavy atom. The van der Waals surface area contributed by atoms with E-state index in [1.54, 1.807) is 6.20 Å². The van der Waals surface area contributed by atoms with Crippen LogP contribution in [-0.2, 0) is 6.54 Å². The van der Waals surface area contributed by atoms with Gasteiger partial charge < -0.3 is 14.8 Å². The van der Waals surface area contributed by atoms with Crippen molar-refractivity contribution >= 4 is 21.7 Å². The van der Waals surface area contributed by atoms with Crippen LogP contribution in [0.4, 0.5) is 5.82 Å². The molecule has 1 aromatic carbocycles. The first-order valence-electron chi connectivity index (χ1n) is 5.41. The third-order valence-corrected chi connectivity index (χ3v) is 3.14. The molecule has 0 bridgehead atoms. The van der Waals surface area contributed by atoms with E-state index in [0.717, 1.165) is 27.4 Å². The summed E-state index contributed by atoms with van der Waals surface area (Å²) in [5.74, 6) is 2.35. The molecule has 0 spiro atoms. The number of rotatable bonds is 3. The zero-order valence-electron chi connectivity index (χ0n) is 9.39. The smallest absolute Gasteiger partial charge is 0.231 e. The molecule has 3 rings (SSSR count). The Morgan fingerprint density at radius 1 is 1.28 bits per heavy atom. The number of halogens is 1. The van der Waals surface area contributed by atoms with E-state index in [2.05, 4.69) is 31.2 Å². The highest BCUT2D eigenvalue weighted by Crippen LogP contribution is 2.32. The van der Waals surface area contributed by atoms with Gasteiger partial charge in [-0.05, 0) is 33.6 Å². The Bertz CT molecular complexity index is 577. The first kappa shape index (κ1) is 11.3. The van der Waals surface area contributed by atoms with Crippen molar-refractivity contribution in [3.8, 4) is 11.5 Å².